The molecule has 0 saturated heterocycles. The van der Waals surface area contributed by atoms with E-state index in [-0.39, 0.29) is 5.41 Å². The van der Waals surface area contributed by atoms with Crippen molar-refractivity contribution >= 4 is 11.6 Å². The predicted molar refractivity (Wildman–Crippen MR) is 86.6 cm³/mol. The third-order valence-corrected chi connectivity index (χ3v) is 9.11. The summed E-state index contributed by atoms with van der Waals surface area (Å²) in [6, 6.07) is 0. The van der Waals surface area contributed by atoms with Gasteiger partial charge in [-0.2, -0.15) is 0 Å². The normalized spacial score (nSPS) is 55.4. The van der Waals surface area contributed by atoms with Crippen LogP contribution in [0.3, 0.4) is 0 Å². The minimum absolute atomic E-state index is 0.145. The summed E-state index contributed by atoms with van der Waals surface area (Å²) in [6.45, 7) is 2.39. The maximum Gasteiger partial charge on any atom is 0.155 e. The molecule has 6 atom stereocenters. The molecule has 120 valence electrons. The number of allylic oxidation sites excluding steroid dienone is 4. The quantitative estimate of drug-likeness (QED) is 0.634. The van der Waals surface area contributed by atoms with Gasteiger partial charge in [0.15, 0.2) is 5.78 Å². The van der Waals surface area contributed by atoms with Gasteiger partial charge in [-0.05, 0) is 67.3 Å². The zero-order chi connectivity index (χ0) is 15.6. The molecule has 0 heterocycles. The highest BCUT2D eigenvalue weighted by Gasteiger charge is 2.89. The van der Waals surface area contributed by atoms with Crippen molar-refractivity contribution in [3.05, 3.63) is 23.3 Å². The average molecular weight is 308 g/mol. The van der Waals surface area contributed by atoms with Gasteiger partial charge in [-0.1, -0.05) is 24.1 Å². The lowest BCUT2D eigenvalue weighted by Gasteiger charge is -2.51. The molecule has 6 rings (SSSR count). The summed E-state index contributed by atoms with van der Waals surface area (Å²) in [6.07, 6.45) is 13.2. The Kier molecular flexibility index (Phi) is 2.04. The Balaban J connectivity index is 1.45. The summed E-state index contributed by atoms with van der Waals surface area (Å²) in [4.78, 5) is 24.0. The van der Waals surface area contributed by atoms with Gasteiger partial charge in [0.1, 0.15) is 5.78 Å². The Morgan fingerprint density at radius 1 is 1.13 bits per heavy atom. The molecular formula is C21H24O2. The summed E-state index contributed by atoms with van der Waals surface area (Å²) in [5.74, 6) is 2.78. The van der Waals surface area contributed by atoms with Gasteiger partial charge in [0.2, 0.25) is 0 Å². The molecule has 0 aromatic carbocycles. The van der Waals surface area contributed by atoms with Crippen LogP contribution in [0.1, 0.15) is 58.3 Å². The molecule has 4 saturated carbocycles. The first kappa shape index (κ1) is 13.1. The van der Waals surface area contributed by atoms with E-state index in [0.29, 0.717) is 40.7 Å². The molecular weight excluding hydrogens is 284 g/mol. The van der Waals surface area contributed by atoms with Crippen LogP contribution in [0.4, 0.5) is 0 Å². The van der Waals surface area contributed by atoms with E-state index in [9.17, 15) is 9.59 Å². The molecule has 0 N–H and O–H groups in total. The Morgan fingerprint density at radius 3 is 2.78 bits per heavy atom. The smallest absolute Gasteiger partial charge is 0.155 e. The number of hydrogen-bond donors (Lipinski definition) is 0. The fourth-order valence-corrected chi connectivity index (χ4v) is 8.18. The topological polar surface area (TPSA) is 34.1 Å². The molecule has 0 aromatic rings. The molecule has 6 aliphatic carbocycles. The van der Waals surface area contributed by atoms with Crippen LogP contribution >= 0.6 is 0 Å². The first-order valence-corrected chi connectivity index (χ1v) is 9.50. The number of Topliss-reactive ketones (excluding diaryl/α,β-unsaturated/α-hetero) is 1. The molecule has 0 radical (unpaired) electrons. The Hall–Kier alpha value is -1.18. The van der Waals surface area contributed by atoms with Gasteiger partial charge in [-0.25, -0.2) is 0 Å². The second-order valence-electron chi connectivity index (χ2n) is 9.39. The zero-order valence-electron chi connectivity index (χ0n) is 13.9. The van der Waals surface area contributed by atoms with Crippen LogP contribution in [0.15, 0.2) is 23.3 Å². The summed E-state index contributed by atoms with van der Waals surface area (Å²) in [5.41, 5.74) is 4.01. The lowest BCUT2D eigenvalue weighted by molar-refractivity contribution is -0.128. The summed E-state index contributed by atoms with van der Waals surface area (Å²) < 4.78 is 0. The maximum absolute atomic E-state index is 12.1. The third kappa shape index (κ3) is 1.16. The first-order valence-electron chi connectivity index (χ1n) is 9.50. The molecule has 2 spiro atoms. The molecule has 6 aliphatic rings. The molecule has 0 aliphatic heterocycles. The molecule has 23 heavy (non-hydrogen) atoms. The fourth-order valence-electron chi connectivity index (χ4n) is 8.18. The second-order valence-corrected chi connectivity index (χ2v) is 9.39. The molecule has 2 heteroatoms. The van der Waals surface area contributed by atoms with Crippen LogP contribution in [0.25, 0.3) is 0 Å². The van der Waals surface area contributed by atoms with Gasteiger partial charge in [-0.3, -0.25) is 9.59 Å². The van der Waals surface area contributed by atoms with E-state index in [0.717, 1.165) is 31.6 Å². The summed E-state index contributed by atoms with van der Waals surface area (Å²) in [5, 5.41) is 0. The number of hydrogen-bond acceptors (Lipinski definition) is 2. The van der Waals surface area contributed by atoms with E-state index >= 15 is 0 Å². The fraction of sp³-hybridized carbons (Fsp3) is 0.714. The number of carbonyl (C=O) groups excluding carboxylic acids is 2. The van der Waals surface area contributed by atoms with Crippen LogP contribution in [-0.2, 0) is 9.59 Å². The van der Waals surface area contributed by atoms with Crippen molar-refractivity contribution in [2.45, 2.75) is 58.3 Å². The highest BCUT2D eigenvalue weighted by atomic mass is 16.1. The third-order valence-electron chi connectivity index (χ3n) is 9.11. The SMILES string of the molecule is CC12CCC(=O)C=C1CCC1C2=CCC23C1CCC21CC(=O)C13. The molecule has 4 fully saturated rings. The van der Waals surface area contributed by atoms with Crippen LogP contribution in [0, 0.1) is 34.0 Å². The number of ketones is 2. The number of fused-ring (bicyclic) bond motifs is 4. The summed E-state index contributed by atoms with van der Waals surface area (Å²) >= 11 is 0. The van der Waals surface area contributed by atoms with Gasteiger partial charge in [0, 0.05) is 24.2 Å². The molecule has 0 amide bonds. The monoisotopic (exact) mass is 308 g/mol. The highest BCUT2D eigenvalue weighted by molar-refractivity contribution is 5.97. The van der Waals surface area contributed by atoms with Crippen molar-refractivity contribution in [1.29, 1.82) is 0 Å². The molecule has 6 unspecified atom stereocenters. The van der Waals surface area contributed by atoms with Crippen LogP contribution < -0.4 is 0 Å². The van der Waals surface area contributed by atoms with Crippen molar-refractivity contribution in [1.82, 2.24) is 0 Å². The van der Waals surface area contributed by atoms with Gasteiger partial charge >= 0.3 is 0 Å². The Morgan fingerprint density at radius 2 is 2.00 bits per heavy atom. The van der Waals surface area contributed by atoms with E-state index in [1.54, 1.807) is 5.57 Å². The van der Waals surface area contributed by atoms with E-state index in [1.807, 2.05) is 6.08 Å². The van der Waals surface area contributed by atoms with E-state index < -0.39 is 0 Å². The zero-order valence-corrected chi connectivity index (χ0v) is 13.9. The Bertz CT molecular complexity index is 743. The van der Waals surface area contributed by atoms with Crippen LogP contribution in [0.5, 0.6) is 0 Å². The van der Waals surface area contributed by atoms with Crippen LogP contribution in [0.2, 0.25) is 0 Å². The lowest BCUT2D eigenvalue weighted by atomic mass is 9.53. The standard InChI is InChI=1S/C21H24O2/c1-19-7-4-13(22)10-12(19)2-3-14-15(19)6-9-21-16(14)5-8-20(21)11-17(23)18(20)21/h6,10,14,16,18H,2-5,7-9,11H2,1H3. The van der Waals surface area contributed by atoms with Gasteiger partial charge in [0.05, 0.1) is 0 Å². The second kappa shape index (κ2) is 3.58. The van der Waals surface area contributed by atoms with Gasteiger partial charge < -0.3 is 0 Å². The van der Waals surface area contributed by atoms with Crippen molar-refractivity contribution in [3.63, 3.8) is 0 Å². The molecule has 0 aromatic heterocycles. The van der Waals surface area contributed by atoms with E-state index in [2.05, 4.69) is 13.0 Å². The molecule has 0 bridgehead atoms. The van der Waals surface area contributed by atoms with Crippen LogP contribution in [-0.4, -0.2) is 11.6 Å². The van der Waals surface area contributed by atoms with E-state index in [4.69, 9.17) is 0 Å². The number of carbonyl (C=O) groups is 2. The van der Waals surface area contributed by atoms with E-state index in [1.165, 1.54) is 24.8 Å². The van der Waals surface area contributed by atoms with Crippen molar-refractivity contribution in [2.24, 2.45) is 34.0 Å². The maximum atomic E-state index is 12.1. The highest BCUT2D eigenvalue weighted by Crippen LogP contribution is 2.90. The van der Waals surface area contributed by atoms with Gasteiger partial charge in [-0.15, -0.1) is 0 Å². The van der Waals surface area contributed by atoms with Crippen molar-refractivity contribution in [3.8, 4) is 0 Å². The van der Waals surface area contributed by atoms with Crippen molar-refractivity contribution < 1.29 is 9.59 Å². The average Bonchev–Trinajstić information content (AvgIpc) is 2.78. The minimum Gasteiger partial charge on any atom is -0.299 e. The largest absolute Gasteiger partial charge is 0.299 e. The first-order chi connectivity index (χ1) is 11.0. The minimum atomic E-state index is 0.145. The summed E-state index contributed by atoms with van der Waals surface area (Å²) in [7, 11) is 0. The van der Waals surface area contributed by atoms with Crippen molar-refractivity contribution in [2.75, 3.05) is 0 Å². The Labute approximate surface area is 137 Å². The number of rotatable bonds is 0. The van der Waals surface area contributed by atoms with Gasteiger partial charge in [0.25, 0.3) is 0 Å². The predicted octanol–water partition coefficient (Wildman–Crippen LogP) is 4.01. The lowest BCUT2D eigenvalue weighted by Crippen LogP contribution is -2.41. The molecule has 2 nitrogen and oxygen atoms in total.